The maximum Gasteiger partial charge on any atom is 0.323 e. The van der Waals surface area contributed by atoms with Crippen LogP contribution in [-0.2, 0) is 22.4 Å². The monoisotopic (exact) mass is 382 g/mol. The van der Waals surface area contributed by atoms with Crippen molar-refractivity contribution in [1.82, 2.24) is 4.90 Å². The number of rotatable bonds is 5. The fourth-order valence-corrected chi connectivity index (χ4v) is 4.31. The van der Waals surface area contributed by atoms with Gasteiger partial charge in [0.25, 0.3) is 0 Å². The van der Waals surface area contributed by atoms with E-state index >= 15 is 0 Å². The van der Waals surface area contributed by atoms with E-state index < -0.39 is 6.04 Å². The zero-order chi connectivity index (χ0) is 17.8. The summed E-state index contributed by atoms with van der Waals surface area (Å²) in [5, 5.41) is 0. The number of halogens is 1. The molecule has 1 fully saturated rings. The largest absolute Gasteiger partial charge is 0.496 e. The first-order chi connectivity index (χ1) is 12.1. The molecule has 0 amide bonds. The van der Waals surface area contributed by atoms with E-state index in [0.717, 1.165) is 44.5 Å². The van der Waals surface area contributed by atoms with Gasteiger partial charge < -0.3 is 20.1 Å². The van der Waals surface area contributed by atoms with Crippen molar-refractivity contribution >= 4 is 18.4 Å². The van der Waals surface area contributed by atoms with Crippen LogP contribution in [0.2, 0.25) is 0 Å². The van der Waals surface area contributed by atoms with Gasteiger partial charge in [-0.2, -0.15) is 0 Å². The standard InChI is InChI=1S/C20H30N2O3.ClH/c1-3-25-20(23)19(21)15-9-11-22(12-10-15)16-8-7-14-5-4-6-18(24-2)17(14)13-16;/h4-6,15-16,19H,3,7-13,21H2,1-2H3;1H. The van der Waals surface area contributed by atoms with Crippen LogP contribution in [0, 0.1) is 5.92 Å². The number of nitrogens with zero attached hydrogens (tertiary/aromatic N) is 1. The minimum Gasteiger partial charge on any atom is -0.496 e. The maximum atomic E-state index is 11.9. The Labute approximate surface area is 162 Å². The number of esters is 1. The van der Waals surface area contributed by atoms with E-state index in [2.05, 4.69) is 23.1 Å². The number of likely N-dealkylation sites (tertiary alicyclic amines) is 1. The van der Waals surface area contributed by atoms with Crippen molar-refractivity contribution in [2.45, 2.75) is 51.1 Å². The summed E-state index contributed by atoms with van der Waals surface area (Å²) in [6, 6.07) is 6.45. The minimum atomic E-state index is -0.478. The predicted octanol–water partition coefficient (Wildman–Crippen LogP) is 2.58. The normalized spacial score (nSPS) is 22.0. The highest BCUT2D eigenvalue weighted by Gasteiger charge is 2.33. The lowest BCUT2D eigenvalue weighted by atomic mass is 9.84. The van der Waals surface area contributed by atoms with E-state index in [1.807, 2.05) is 6.92 Å². The van der Waals surface area contributed by atoms with Crippen LogP contribution in [0.4, 0.5) is 0 Å². The number of nitrogens with two attached hydrogens (primary N) is 1. The average Bonchev–Trinajstić information content (AvgIpc) is 2.66. The molecule has 1 aliphatic heterocycles. The summed E-state index contributed by atoms with van der Waals surface area (Å²) in [4.78, 5) is 14.4. The Morgan fingerprint density at radius 3 is 2.69 bits per heavy atom. The molecule has 0 radical (unpaired) electrons. The van der Waals surface area contributed by atoms with Crippen molar-refractivity contribution in [3.63, 3.8) is 0 Å². The lowest BCUT2D eigenvalue weighted by molar-refractivity contribution is -0.146. The van der Waals surface area contributed by atoms with Crippen LogP contribution in [-0.4, -0.2) is 49.8 Å². The lowest BCUT2D eigenvalue weighted by Gasteiger charge is -2.40. The van der Waals surface area contributed by atoms with E-state index in [-0.39, 0.29) is 24.3 Å². The van der Waals surface area contributed by atoms with E-state index in [0.29, 0.717) is 12.6 Å². The molecule has 0 bridgehead atoms. The van der Waals surface area contributed by atoms with Crippen LogP contribution in [0.25, 0.3) is 0 Å². The summed E-state index contributed by atoms with van der Waals surface area (Å²) in [5.74, 6) is 0.999. The zero-order valence-electron chi connectivity index (χ0n) is 15.8. The molecular formula is C20H31ClN2O3. The van der Waals surface area contributed by atoms with Gasteiger partial charge in [-0.1, -0.05) is 12.1 Å². The van der Waals surface area contributed by atoms with Crippen LogP contribution >= 0.6 is 12.4 Å². The molecule has 2 unspecified atom stereocenters. The zero-order valence-corrected chi connectivity index (χ0v) is 16.6. The van der Waals surface area contributed by atoms with Crippen LogP contribution < -0.4 is 10.5 Å². The summed E-state index contributed by atoms with van der Waals surface area (Å²) < 4.78 is 10.6. The highest BCUT2D eigenvalue weighted by atomic mass is 35.5. The molecule has 1 heterocycles. The molecule has 2 aliphatic rings. The molecule has 5 nitrogen and oxygen atoms in total. The number of hydrogen-bond acceptors (Lipinski definition) is 5. The first kappa shape index (κ1) is 21.0. The summed E-state index contributed by atoms with van der Waals surface area (Å²) in [6.45, 7) is 4.23. The molecule has 26 heavy (non-hydrogen) atoms. The number of ether oxygens (including phenoxy) is 2. The summed E-state index contributed by atoms with van der Waals surface area (Å²) in [6.07, 6.45) is 5.28. The van der Waals surface area contributed by atoms with Gasteiger partial charge in [-0.3, -0.25) is 4.79 Å². The fourth-order valence-electron chi connectivity index (χ4n) is 4.31. The Morgan fingerprint density at radius 2 is 2.04 bits per heavy atom. The molecule has 0 spiro atoms. The molecule has 1 saturated heterocycles. The number of methoxy groups -OCH3 is 1. The van der Waals surface area contributed by atoms with Gasteiger partial charge in [0.15, 0.2) is 0 Å². The molecule has 0 aromatic heterocycles. The van der Waals surface area contributed by atoms with Gasteiger partial charge in [0.05, 0.1) is 13.7 Å². The second-order valence-corrected chi connectivity index (χ2v) is 7.15. The van der Waals surface area contributed by atoms with Crippen LogP contribution in [0.3, 0.4) is 0 Å². The first-order valence-electron chi connectivity index (χ1n) is 9.45. The fraction of sp³-hybridized carbons (Fsp3) is 0.650. The van der Waals surface area contributed by atoms with Crippen molar-refractivity contribution < 1.29 is 14.3 Å². The third-order valence-electron chi connectivity index (χ3n) is 5.79. The lowest BCUT2D eigenvalue weighted by Crippen LogP contribution is -2.49. The predicted molar refractivity (Wildman–Crippen MR) is 105 cm³/mol. The number of aryl methyl sites for hydroxylation is 1. The molecule has 2 N–H and O–H groups in total. The number of piperidine rings is 1. The molecule has 1 aliphatic carbocycles. The van der Waals surface area contributed by atoms with Crippen molar-refractivity contribution in [1.29, 1.82) is 0 Å². The van der Waals surface area contributed by atoms with Crippen molar-refractivity contribution in [2.24, 2.45) is 11.7 Å². The highest BCUT2D eigenvalue weighted by Crippen LogP contribution is 2.33. The van der Waals surface area contributed by atoms with E-state index in [1.54, 1.807) is 7.11 Å². The number of carbonyl (C=O) groups is 1. The molecule has 6 heteroatoms. The summed E-state index contributed by atoms with van der Waals surface area (Å²) in [7, 11) is 1.75. The van der Waals surface area contributed by atoms with Gasteiger partial charge in [0, 0.05) is 6.04 Å². The third kappa shape index (κ3) is 4.51. The van der Waals surface area contributed by atoms with E-state index in [1.165, 1.54) is 17.5 Å². The SMILES string of the molecule is CCOC(=O)C(N)C1CCN(C2CCc3cccc(OC)c3C2)CC1.Cl. The van der Waals surface area contributed by atoms with Crippen LogP contribution in [0.5, 0.6) is 5.75 Å². The average molecular weight is 383 g/mol. The van der Waals surface area contributed by atoms with Gasteiger partial charge in [0.2, 0.25) is 0 Å². The van der Waals surface area contributed by atoms with Gasteiger partial charge in [-0.05, 0) is 75.2 Å². The van der Waals surface area contributed by atoms with Gasteiger partial charge >= 0.3 is 5.97 Å². The quantitative estimate of drug-likeness (QED) is 0.793. The third-order valence-corrected chi connectivity index (χ3v) is 5.79. The molecular weight excluding hydrogens is 352 g/mol. The second kappa shape index (κ2) is 9.58. The molecule has 1 aromatic carbocycles. The molecule has 146 valence electrons. The van der Waals surface area contributed by atoms with Crippen molar-refractivity contribution in [2.75, 3.05) is 26.8 Å². The van der Waals surface area contributed by atoms with Crippen LogP contribution in [0.1, 0.15) is 37.3 Å². The number of benzene rings is 1. The number of hydrogen-bond donors (Lipinski definition) is 1. The second-order valence-electron chi connectivity index (χ2n) is 7.15. The van der Waals surface area contributed by atoms with Crippen LogP contribution in [0.15, 0.2) is 18.2 Å². The number of fused-ring (bicyclic) bond motifs is 1. The Bertz CT molecular complexity index is 588. The Balaban J connectivity index is 0.00000243. The summed E-state index contributed by atoms with van der Waals surface area (Å²) >= 11 is 0. The van der Waals surface area contributed by atoms with Crippen molar-refractivity contribution in [3.8, 4) is 5.75 Å². The highest BCUT2D eigenvalue weighted by molar-refractivity contribution is 5.85. The molecule has 3 rings (SSSR count). The molecule has 2 atom stereocenters. The van der Waals surface area contributed by atoms with Gasteiger partial charge in [-0.15, -0.1) is 12.4 Å². The maximum absolute atomic E-state index is 11.9. The molecule has 0 saturated carbocycles. The van der Waals surface area contributed by atoms with Crippen molar-refractivity contribution in [3.05, 3.63) is 29.3 Å². The van der Waals surface area contributed by atoms with Gasteiger partial charge in [0.1, 0.15) is 11.8 Å². The van der Waals surface area contributed by atoms with E-state index in [9.17, 15) is 4.79 Å². The van der Waals surface area contributed by atoms with E-state index in [4.69, 9.17) is 15.2 Å². The van der Waals surface area contributed by atoms with Gasteiger partial charge in [-0.25, -0.2) is 0 Å². The summed E-state index contributed by atoms with van der Waals surface area (Å²) in [5.41, 5.74) is 8.89. The number of carbonyl (C=O) groups excluding carboxylic acids is 1. The Hall–Kier alpha value is -1.30. The Kier molecular flexibility index (Phi) is 7.74. The topological polar surface area (TPSA) is 64.8 Å². The first-order valence-corrected chi connectivity index (χ1v) is 9.45. The molecule has 1 aromatic rings. The minimum absolute atomic E-state index is 0. The Morgan fingerprint density at radius 1 is 1.31 bits per heavy atom. The smallest absolute Gasteiger partial charge is 0.323 e.